The predicted molar refractivity (Wildman–Crippen MR) is 63.1 cm³/mol. The molecule has 4 nitrogen and oxygen atoms in total. The van der Waals surface area contributed by atoms with Crippen LogP contribution in [0.2, 0.25) is 0 Å². The van der Waals surface area contributed by atoms with E-state index in [1.165, 1.54) is 6.42 Å². The molecule has 1 aliphatic rings. The van der Waals surface area contributed by atoms with Crippen LogP contribution in [-0.4, -0.2) is 23.6 Å². The molecular weight excluding hydrogens is 200 g/mol. The summed E-state index contributed by atoms with van der Waals surface area (Å²) >= 11 is 0. The zero-order chi connectivity index (χ0) is 11.4. The van der Waals surface area contributed by atoms with Crippen LogP contribution in [0.3, 0.4) is 0 Å². The van der Waals surface area contributed by atoms with Crippen molar-refractivity contribution in [3.05, 3.63) is 24.0 Å². The summed E-state index contributed by atoms with van der Waals surface area (Å²) in [6.07, 6.45) is 5.67. The zero-order valence-electron chi connectivity index (χ0n) is 9.40. The third-order valence-electron chi connectivity index (χ3n) is 3.04. The van der Waals surface area contributed by atoms with Gasteiger partial charge >= 0.3 is 0 Å². The van der Waals surface area contributed by atoms with E-state index in [1.54, 1.807) is 18.5 Å². The number of anilines is 1. The Hall–Kier alpha value is -1.60. The topological polar surface area (TPSA) is 60.7 Å². The van der Waals surface area contributed by atoms with Crippen LogP contribution in [0.1, 0.15) is 25.3 Å². The monoisotopic (exact) mass is 216 g/mol. The molecule has 0 saturated carbocycles. The van der Waals surface area contributed by atoms with E-state index in [0.717, 1.165) is 18.7 Å². The lowest BCUT2D eigenvalue weighted by Crippen LogP contribution is -2.46. The first-order chi connectivity index (χ1) is 7.81. The summed E-state index contributed by atoms with van der Waals surface area (Å²) in [5.74, 6) is 0. The minimum atomic E-state index is 0.380. The van der Waals surface area contributed by atoms with Gasteiger partial charge in [-0.15, -0.1) is 0 Å². The molecule has 0 aromatic carbocycles. The molecule has 2 rings (SSSR count). The lowest BCUT2D eigenvalue weighted by molar-refractivity contribution is 0.389. The highest BCUT2D eigenvalue weighted by Crippen LogP contribution is 2.18. The normalized spacial score (nSPS) is 24.8. The fourth-order valence-corrected chi connectivity index (χ4v) is 2.05. The van der Waals surface area contributed by atoms with Crippen LogP contribution in [0.25, 0.3) is 0 Å². The Morgan fingerprint density at radius 2 is 2.50 bits per heavy atom. The van der Waals surface area contributed by atoms with E-state index in [2.05, 4.69) is 28.6 Å². The molecule has 1 aliphatic heterocycles. The molecular formula is C12H16N4. The van der Waals surface area contributed by atoms with E-state index in [9.17, 15) is 0 Å². The van der Waals surface area contributed by atoms with Gasteiger partial charge in [0.15, 0.2) is 0 Å². The van der Waals surface area contributed by atoms with Gasteiger partial charge in [-0.05, 0) is 32.4 Å². The third-order valence-corrected chi connectivity index (χ3v) is 3.04. The van der Waals surface area contributed by atoms with Gasteiger partial charge in [-0.1, -0.05) is 0 Å². The fraction of sp³-hybridized carbons (Fsp3) is 0.500. The first-order valence-corrected chi connectivity index (χ1v) is 5.65. The quantitative estimate of drug-likeness (QED) is 0.786. The Kier molecular flexibility index (Phi) is 3.37. The van der Waals surface area contributed by atoms with E-state index in [-0.39, 0.29) is 0 Å². The molecule has 4 heteroatoms. The molecule has 0 bridgehead atoms. The van der Waals surface area contributed by atoms with Crippen molar-refractivity contribution in [3.8, 4) is 6.07 Å². The van der Waals surface area contributed by atoms with E-state index < -0.39 is 0 Å². The molecule has 2 N–H and O–H groups in total. The minimum Gasteiger partial charge on any atom is -0.378 e. The molecule has 0 radical (unpaired) electrons. The van der Waals surface area contributed by atoms with Crippen LogP contribution in [-0.2, 0) is 0 Å². The zero-order valence-corrected chi connectivity index (χ0v) is 9.40. The molecule has 0 amide bonds. The van der Waals surface area contributed by atoms with Crippen LogP contribution >= 0.6 is 0 Å². The SMILES string of the molecule is CC1NCCCC1Nc1cnccc1C#N. The highest BCUT2D eigenvalue weighted by atomic mass is 15.0. The van der Waals surface area contributed by atoms with Crippen molar-refractivity contribution >= 4 is 5.69 Å². The van der Waals surface area contributed by atoms with E-state index in [4.69, 9.17) is 5.26 Å². The molecule has 0 aliphatic carbocycles. The van der Waals surface area contributed by atoms with Crippen molar-refractivity contribution in [1.82, 2.24) is 10.3 Å². The van der Waals surface area contributed by atoms with Crippen LogP contribution in [0.4, 0.5) is 5.69 Å². The van der Waals surface area contributed by atoms with Crippen molar-refractivity contribution in [2.75, 3.05) is 11.9 Å². The lowest BCUT2D eigenvalue weighted by atomic mass is 9.99. The molecule has 1 aromatic heterocycles. The highest BCUT2D eigenvalue weighted by Gasteiger charge is 2.21. The third kappa shape index (κ3) is 2.31. The van der Waals surface area contributed by atoms with Gasteiger partial charge in [0.25, 0.3) is 0 Å². The number of nitriles is 1. The fourth-order valence-electron chi connectivity index (χ4n) is 2.05. The van der Waals surface area contributed by atoms with Gasteiger partial charge in [0.2, 0.25) is 0 Å². The highest BCUT2D eigenvalue weighted by molar-refractivity contribution is 5.56. The summed E-state index contributed by atoms with van der Waals surface area (Å²) in [6.45, 7) is 3.25. The van der Waals surface area contributed by atoms with E-state index in [1.807, 2.05) is 0 Å². The molecule has 2 unspecified atom stereocenters. The lowest BCUT2D eigenvalue weighted by Gasteiger charge is -2.31. The molecule has 1 fully saturated rings. The van der Waals surface area contributed by atoms with Crippen LogP contribution in [0, 0.1) is 11.3 Å². The summed E-state index contributed by atoms with van der Waals surface area (Å²) in [5, 5.41) is 15.8. The van der Waals surface area contributed by atoms with Gasteiger partial charge in [0, 0.05) is 18.3 Å². The average Bonchev–Trinajstić information content (AvgIpc) is 2.33. The maximum Gasteiger partial charge on any atom is 0.101 e. The summed E-state index contributed by atoms with van der Waals surface area (Å²) in [4.78, 5) is 4.05. The van der Waals surface area contributed by atoms with Gasteiger partial charge in [-0.2, -0.15) is 5.26 Å². The second kappa shape index (κ2) is 4.95. The standard InChI is InChI=1S/C12H16N4/c1-9-11(3-2-5-15-9)16-12-8-14-6-4-10(12)7-13/h4,6,8-9,11,15-16H,2-3,5H2,1H3. The molecule has 1 saturated heterocycles. The molecule has 0 spiro atoms. The molecule has 1 aromatic rings. The Labute approximate surface area is 95.7 Å². The van der Waals surface area contributed by atoms with Gasteiger partial charge in [-0.3, -0.25) is 4.98 Å². The molecule has 16 heavy (non-hydrogen) atoms. The van der Waals surface area contributed by atoms with Crippen LogP contribution in [0.15, 0.2) is 18.5 Å². The second-order valence-corrected chi connectivity index (χ2v) is 4.17. The molecule has 2 atom stereocenters. The van der Waals surface area contributed by atoms with Crippen molar-refractivity contribution in [2.24, 2.45) is 0 Å². The summed E-state index contributed by atoms with van der Waals surface area (Å²) in [5.41, 5.74) is 1.50. The first-order valence-electron chi connectivity index (χ1n) is 5.65. The number of rotatable bonds is 2. The molecule has 2 heterocycles. The number of pyridine rings is 1. The van der Waals surface area contributed by atoms with E-state index >= 15 is 0 Å². The van der Waals surface area contributed by atoms with Gasteiger partial charge < -0.3 is 10.6 Å². The Morgan fingerprint density at radius 1 is 1.62 bits per heavy atom. The smallest absolute Gasteiger partial charge is 0.101 e. The van der Waals surface area contributed by atoms with Gasteiger partial charge in [0.1, 0.15) is 6.07 Å². The average molecular weight is 216 g/mol. The van der Waals surface area contributed by atoms with Gasteiger partial charge in [-0.25, -0.2) is 0 Å². The molecule has 84 valence electrons. The number of aromatic nitrogens is 1. The number of hydrogen-bond donors (Lipinski definition) is 2. The minimum absolute atomic E-state index is 0.380. The Bertz CT molecular complexity index is 396. The van der Waals surface area contributed by atoms with Crippen molar-refractivity contribution in [3.63, 3.8) is 0 Å². The maximum atomic E-state index is 8.98. The first kappa shape index (κ1) is 10.9. The largest absolute Gasteiger partial charge is 0.378 e. The van der Waals surface area contributed by atoms with Crippen LogP contribution < -0.4 is 10.6 Å². The maximum absolute atomic E-state index is 8.98. The summed E-state index contributed by atoms with van der Waals surface area (Å²) in [6, 6.07) is 4.73. The Morgan fingerprint density at radius 3 is 3.25 bits per heavy atom. The van der Waals surface area contributed by atoms with Crippen LogP contribution in [0.5, 0.6) is 0 Å². The number of piperidine rings is 1. The Balaban J connectivity index is 2.11. The number of hydrogen-bond acceptors (Lipinski definition) is 4. The number of nitrogens with zero attached hydrogens (tertiary/aromatic N) is 2. The summed E-state index contributed by atoms with van der Waals surface area (Å²) in [7, 11) is 0. The number of nitrogens with one attached hydrogen (secondary N) is 2. The van der Waals surface area contributed by atoms with Crippen molar-refractivity contribution in [1.29, 1.82) is 5.26 Å². The predicted octanol–water partition coefficient (Wildman–Crippen LogP) is 1.51. The van der Waals surface area contributed by atoms with Crippen molar-refractivity contribution in [2.45, 2.75) is 31.8 Å². The van der Waals surface area contributed by atoms with Crippen molar-refractivity contribution < 1.29 is 0 Å². The summed E-state index contributed by atoms with van der Waals surface area (Å²) < 4.78 is 0. The van der Waals surface area contributed by atoms with E-state index in [0.29, 0.717) is 17.6 Å². The van der Waals surface area contributed by atoms with Gasteiger partial charge in [0.05, 0.1) is 17.4 Å². The second-order valence-electron chi connectivity index (χ2n) is 4.17.